The van der Waals surface area contributed by atoms with Crippen molar-refractivity contribution < 1.29 is 0 Å². The smallest absolute Gasteiger partial charge is 0.231 e. The van der Waals surface area contributed by atoms with E-state index in [0.29, 0.717) is 11.0 Å². The topological polar surface area (TPSA) is 55.1 Å². The Balaban J connectivity index is 1.73. The van der Waals surface area contributed by atoms with Gasteiger partial charge in [-0.3, -0.25) is 0 Å². The molecular weight excluding hydrogens is 354 g/mol. The molecule has 0 spiro atoms. The van der Waals surface area contributed by atoms with Gasteiger partial charge < -0.3 is 5.32 Å². The van der Waals surface area contributed by atoms with Gasteiger partial charge in [0.2, 0.25) is 5.95 Å². The molecule has 1 aliphatic carbocycles. The van der Waals surface area contributed by atoms with Gasteiger partial charge in [0.15, 0.2) is 5.65 Å². The van der Waals surface area contributed by atoms with Gasteiger partial charge in [-0.25, -0.2) is 9.97 Å². The third-order valence-corrected chi connectivity index (χ3v) is 6.04. The molecule has 0 unspecified atom stereocenters. The molecule has 0 fully saturated rings. The summed E-state index contributed by atoms with van der Waals surface area (Å²) < 4.78 is 1.83. The van der Waals surface area contributed by atoms with Crippen molar-refractivity contribution in [1.29, 1.82) is 0 Å². The van der Waals surface area contributed by atoms with Gasteiger partial charge in [-0.2, -0.15) is 4.52 Å². The number of anilines is 2. The Labute approximate surface area is 153 Å². The number of hydrogen-bond acceptors (Lipinski definition) is 5. The number of aromatic nitrogens is 4. The summed E-state index contributed by atoms with van der Waals surface area (Å²) in [5, 5.41) is 9.81. The molecule has 3 heterocycles. The van der Waals surface area contributed by atoms with Crippen LogP contribution in [0.1, 0.15) is 29.1 Å². The molecule has 0 bridgehead atoms. The highest BCUT2D eigenvalue weighted by Gasteiger charge is 2.22. The second kappa shape index (κ2) is 5.68. The first-order valence-electron chi connectivity index (χ1n) is 8.39. The van der Waals surface area contributed by atoms with Crippen molar-refractivity contribution in [2.45, 2.75) is 32.6 Å². The number of halogens is 1. The summed E-state index contributed by atoms with van der Waals surface area (Å²) in [6.07, 6.45) is 4.76. The third-order valence-electron chi connectivity index (χ3n) is 4.60. The number of thiophene rings is 1. The first kappa shape index (κ1) is 15.1. The van der Waals surface area contributed by atoms with Crippen molar-refractivity contribution in [2.75, 3.05) is 5.32 Å². The number of benzene rings is 1. The van der Waals surface area contributed by atoms with Crippen LogP contribution in [0, 0.1) is 6.92 Å². The number of nitrogens with zero attached hydrogens (tertiary/aromatic N) is 4. The lowest BCUT2D eigenvalue weighted by atomic mass is 9.97. The summed E-state index contributed by atoms with van der Waals surface area (Å²) in [5.74, 6) is 1.44. The van der Waals surface area contributed by atoms with E-state index in [1.165, 1.54) is 28.7 Å². The molecule has 5 nitrogen and oxygen atoms in total. The number of nitrogens with one attached hydrogen (secondary N) is 1. The summed E-state index contributed by atoms with van der Waals surface area (Å²) in [7, 11) is 0. The zero-order chi connectivity index (χ0) is 17.0. The molecule has 5 rings (SSSR count). The summed E-state index contributed by atoms with van der Waals surface area (Å²) in [4.78, 5) is 12.1. The predicted molar refractivity (Wildman–Crippen MR) is 102 cm³/mol. The fourth-order valence-corrected chi connectivity index (χ4v) is 4.85. The lowest BCUT2D eigenvalue weighted by Gasteiger charge is -2.11. The van der Waals surface area contributed by atoms with Crippen molar-refractivity contribution in [1.82, 2.24) is 19.6 Å². The highest BCUT2D eigenvalue weighted by Crippen LogP contribution is 2.38. The van der Waals surface area contributed by atoms with E-state index < -0.39 is 0 Å². The molecule has 1 aliphatic rings. The van der Waals surface area contributed by atoms with Gasteiger partial charge in [-0.1, -0.05) is 11.6 Å². The van der Waals surface area contributed by atoms with Crippen LogP contribution in [0.2, 0.25) is 5.02 Å². The number of hydrogen-bond donors (Lipinski definition) is 1. The van der Waals surface area contributed by atoms with Crippen LogP contribution in [0.3, 0.4) is 0 Å². The maximum Gasteiger partial charge on any atom is 0.231 e. The minimum absolute atomic E-state index is 0.684. The summed E-state index contributed by atoms with van der Waals surface area (Å²) in [5.41, 5.74) is 3.25. The van der Waals surface area contributed by atoms with Gasteiger partial charge in [0, 0.05) is 15.6 Å². The van der Waals surface area contributed by atoms with Gasteiger partial charge in [0.25, 0.3) is 0 Å². The van der Waals surface area contributed by atoms with E-state index in [9.17, 15) is 0 Å². The first-order valence-corrected chi connectivity index (χ1v) is 9.59. The van der Waals surface area contributed by atoms with Gasteiger partial charge in [-0.15, -0.1) is 16.4 Å². The molecule has 0 radical (unpaired) electrons. The van der Waals surface area contributed by atoms with E-state index in [4.69, 9.17) is 21.6 Å². The molecule has 25 heavy (non-hydrogen) atoms. The van der Waals surface area contributed by atoms with Crippen LogP contribution in [0.25, 0.3) is 15.9 Å². The van der Waals surface area contributed by atoms with E-state index in [-0.39, 0.29) is 0 Å². The summed E-state index contributed by atoms with van der Waals surface area (Å²) in [6, 6.07) is 7.58. The van der Waals surface area contributed by atoms with Crippen molar-refractivity contribution >= 4 is 50.4 Å². The Bertz CT molecular complexity index is 1100. The average Bonchev–Trinajstić information content (AvgIpc) is 3.16. The molecule has 0 aliphatic heterocycles. The highest BCUT2D eigenvalue weighted by molar-refractivity contribution is 7.19. The molecule has 0 saturated carbocycles. The molecule has 0 atom stereocenters. The Morgan fingerprint density at radius 2 is 1.92 bits per heavy atom. The molecular formula is C18H16ClN5S. The zero-order valence-corrected chi connectivity index (χ0v) is 15.3. The molecule has 1 N–H and O–H groups in total. The Kier molecular flexibility index (Phi) is 3.43. The Hall–Kier alpha value is -2.18. The van der Waals surface area contributed by atoms with Crippen LogP contribution in [-0.2, 0) is 12.8 Å². The van der Waals surface area contributed by atoms with Crippen molar-refractivity contribution in [3.8, 4) is 0 Å². The lowest BCUT2D eigenvalue weighted by molar-refractivity contribution is 0.700. The van der Waals surface area contributed by atoms with E-state index in [0.717, 1.165) is 34.8 Å². The molecule has 7 heteroatoms. The Morgan fingerprint density at radius 1 is 1.12 bits per heavy atom. The van der Waals surface area contributed by atoms with Crippen molar-refractivity contribution in [3.63, 3.8) is 0 Å². The molecule has 126 valence electrons. The lowest BCUT2D eigenvalue weighted by Crippen LogP contribution is -2.04. The van der Waals surface area contributed by atoms with Crippen LogP contribution in [0.4, 0.5) is 11.6 Å². The second-order valence-electron chi connectivity index (χ2n) is 6.35. The minimum Gasteiger partial charge on any atom is -0.324 e. The van der Waals surface area contributed by atoms with Crippen LogP contribution < -0.4 is 5.32 Å². The maximum atomic E-state index is 5.98. The number of fused-ring (bicyclic) bond motifs is 5. The average molecular weight is 370 g/mol. The fraction of sp³-hybridized carbons (Fsp3) is 0.278. The SMILES string of the molecule is Cc1nc2c3c4c(sc3nc(Nc3ccc(Cl)cc3)n2n1)CCCC4. The summed E-state index contributed by atoms with van der Waals surface area (Å²) in [6.45, 7) is 1.92. The minimum atomic E-state index is 0.684. The summed E-state index contributed by atoms with van der Waals surface area (Å²) >= 11 is 7.78. The van der Waals surface area contributed by atoms with Crippen molar-refractivity contribution in [2.24, 2.45) is 0 Å². The first-order chi connectivity index (χ1) is 12.2. The van der Waals surface area contributed by atoms with E-state index in [1.807, 2.05) is 35.7 Å². The Morgan fingerprint density at radius 3 is 2.76 bits per heavy atom. The number of aryl methyl sites for hydroxylation is 3. The van der Waals surface area contributed by atoms with E-state index in [1.54, 1.807) is 11.3 Å². The molecule has 0 amide bonds. The van der Waals surface area contributed by atoms with Crippen molar-refractivity contribution in [3.05, 3.63) is 45.6 Å². The monoisotopic (exact) mass is 369 g/mol. The molecule has 1 aromatic carbocycles. The maximum absolute atomic E-state index is 5.98. The second-order valence-corrected chi connectivity index (χ2v) is 7.87. The largest absolute Gasteiger partial charge is 0.324 e. The standard InChI is InChI=1S/C18H16ClN5S/c1-10-20-16-15-13-4-2-3-5-14(13)25-17(15)22-18(24(16)23-10)21-12-8-6-11(19)7-9-12/h6-9H,2-5H2,1H3,(H,21,22). The fourth-order valence-electron chi connectivity index (χ4n) is 3.47. The van der Waals surface area contributed by atoms with E-state index >= 15 is 0 Å². The third kappa shape index (κ3) is 2.48. The molecule has 4 aromatic rings. The molecule has 0 saturated heterocycles. The number of rotatable bonds is 2. The van der Waals surface area contributed by atoms with Crippen LogP contribution in [0.5, 0.6) is 0 Å². The quantitative estimate of drug-likeness (QED) is 0.544. The van der Waals surface area contributed by atoms with Gasteiger partial charge in [0.1, 0.15) is 10.7 Å². The van der Waals surface area contributed by atoms with Crippen LogP contribution in [-0.4, -0.2) is 19.6 Å². The zero-order valence-electron chi connectivity index (χ0n) is 13.7. The van der Waals surface area contributed by atoms with Gasteiger partial charge in [-0.05, 0) is 62.4 Å². The van der Waals surface area contributed by atoms with Gasteiger partial charge >= 0.3 is 0 Å². The predicted octanol–water partition coefficient (Wildman–Crippen LogP) is 4.92. The van der Waals surface area contributed by atoms with Crippen LogP contribution in [0.15, 0.2) is 24.3 Å². The van der Waals surface area contributed by atoms with Crippen LogP contribution >= 0.6 is 22.9 Å². The highest BCUT2D eigenvalue weighted by atomic mass is 35.5. The normalized spacial score (nSPS) is 14.2. The van der Waals surface area contributed by atoms with E-state index in [2.05, 4.69) is 10.4 Å². The molecule has 3 aromatic heterocycles. The van der Waals surface area contributed by atoms with Gasteiger partial charge in [0.05, 0.1) is 5.39 Å².